The van der Waals surface area contributed by atoms with E-state index in [4.69, 9.17) is 0 Å². The molecule has 1 saturated heterocycles. The maximum Gasteiger partial charge on any atom is 0.00238 e. The Bertz CT molecular complexity index is 40.2. The van der Waals surface area contributed by atoms with Crippen LogP contribution in [0.4, 0.5) is 0 Å². The molecule has 0 bridgehead atoms. The minimum atomic E-state index is 1.25. The first-order chi connectivity index (χ1) is 5.83. The molecule has 0 unspecified atom stereocenters. The second-order valence-corrected chi connectivity index (χ2v) is 5.61. The van der Waals surface area contributed by atoms with E-state index in [0.29, 0.717) is 0 Å². The van der Waals surface area contributed by atoms with Crippen LogP contribution in [0.15, 0.2) is 0 Å². The molecule has 12 heavy (non-hydrogen) atoms. The zero-order valence-corrected chi connectivity index (χ0v) is 11.2. The van der Waals surface area contributed by atoms with Crippen molar-refractivity contribution >= 4 is 35.3 Å². The molecule has 0 N–H and O–H groups in total. The molecule has 0 spiro atoms. The predicted octanol–water partition coefficient (Wildman–Crippen LogP) is 3.86. The van der Waals surface area contributed by atoms with Crippen LogP contribution in [-0.2, 0) is 0 Å². The summed E-state index contributed by atoms with van der Waals surface area (Å²) in [6, 6.07) is 0. The van der Waals surface area contributed by atoms with E-state index in [-0.39, 0.29) is 0 Å². The van der Waals surface area contributed by atoms with Crippen molar-refractivity contribution in [2.75, 3.05) is 35.5 Å². The highest BCUT2D eigenvalue weighted by molar-refractivity contribution is 8.06. The highest BCUT2D eigenvalue weighted by atomic mass is 32.2. The molecule has 3 heteroatoms. The van der Waals surface area contributed by atoms with Crippen molar-refractivity contribution in [1.29, 1.82) is 0 Å². The van der Waals surface area contributed by atoms with Gasteiger partial charge in [0.25, 0.3) is 0 Å². The fraction of sp³-hybridized carbons (Fsp3) is 1.00. The van der Waals surface area contributed by atoms with Crippen molar-refractivity contribution in [2.45, 2.75) is 20.3 Å². The van der Waals surface area contributed by atoms with E-state index >= 15 is 0 Å². The molecule has 1 heterocycles. The van der Waals surface area contributed by atoms with Crippen LogP contribution in [0.3, 0.4) is 0 Å². The van der Waals surface area contributed by atoms with Crippen molar-refractivity contribution < 1.29 is 0 Å². The molecule has 1 rings (SSSR count). The Morgan fingerprint density at radius 3 is 1.17 bits per heavy atom. The molecule has 1 aliphatic heterocycles. The Morgan fingerprint density at radius 2 is 1.08 bits per heavy atom. The third-order valence-corrected chi connectivity index (χ3v) is 3.23. The van der Waals surface area contributed by atoms with Gasteiger partial charge in [-0.2, -0.15) is 35.3 Å². The lowest BCUT2D eigenvalue weighted by atomic mass is 10.6. The largest absolute Gasteiger partial charge is 0.169 e. The number of hydrogen-bond donors (Lipinski definition) is 0. The maximum absolute atomic E-state index is 2.12. The Labute approximate surface area is 91.0 Å². The van der Waals surface area contributed by atoms with Gasteiger partial charge in [-0.1, -0.05) is 20.3 Å². The van der Waals surface area contributed by atoms with Crippen LogP contribution in [0.5, 0.6) is 0 Å². The topological polar surface area (TPSA) is 0 Å². The molecule has 1 aliphatic rings. The van der Waals surface area contributed by atoms with Gasteiger partial charge < -0.3 is 0 Å². The second kappa shape index (κ2) is 18.0. The fourth-order valence-corrected chi connectivity index (χ4v) is 2.73. The minimum absolute atomic E-state index is 1.25. The summed E-state index contributed by atoms with van der Waals surface area (Å²) in [6.07, 6.45) is 5.33. The van der Waals surface area contributed by atoms with E-state index in [1.807, 2.05) is 12.5 Å². The SMILES string of the molecule is C1CSCCS1.CCC.CSC. The summed E-state index contributed by atoms with van der Waals surface area (Å²) < 4.78 is 0. The Hall–Kier alpha value is 1.05. The average molecular weight is 226 g/mol. The Balaban J connectivity index is 0. The van der Waals surface area contributed by atoms with Crippen molar-refractivity contribution in [3.63, 3.8) is 0 Å². The second-order valence-electron chi connectivity index (χ2n) is 2.34. The zero-order valence-electron chi connectivity index (χ0n) is 8.76. The Morgan fingerprint density at radius 1 is 0.917 bits per heavy atom. The summed E-state index contributed by atoms with van der Waals surface area (Å²) in [5.74, 6) is 5.52. The first-order valence-corrected chi connectivity index (χ1v) is 8.33. The molecule has 0 amide bonds. The number of thioether (sulfide) groups is 3. The molecular weight excluding hydrogens is 204 g/mol. The van der Waals surface area contributed by atoms with E-state index < -0.39 is 0 Å². The summed E-state index contributed by atoms with van der Waals surface area (Å²) in [7, 11) is 0. The lowest BCUT2D eigenvalue weighted by Crippen LogP contribution is -1.97. The van der Waals surface area contributed by atoms with Crippen LogP contribution in [0, 0.1) is 0 Å². The van der Waals surface area contributed by atoms with Crippen LogP contribution >= 0.6 is 35.3 Å². The van der Waals surface area contributed by atoms with Gasteiger partial charge >= 0.3 is 0 Å². The van der Waals surface area contributed by atoms with Gasteiger partial charge in [0, 0.05) is 23.0 Å². The van der Waals surface area contributed by atoms with Crippen LogP contribution in [0.2, 0.25) is 0 Å². The van der Waals surface area contributed by atoms with Crippen LogP contribution < -0.4 is 0 Å². The van der Waals surface area contributed by atoms with E-state index in [9.17, 15) is 0 Å². The van der Waals surface area contributed by atoms with Gasteiger partial charge in [-0.3, -0.25) is 0 Å². The van der Waals surface area contributed by atoms with Gasteiger partial charge in [-0.05, 0) is 12.5 Å². The van der Waals surface area contributed by atoms with E-state index in [2.05, 4.69) is 37.4 Å². The molecule has 0 saturated carbocycles. The molecule has 0 aromatic carbocycles. The van der Waals surface area contributed by atoms with Crippen molar-refractivity contribution in [3.05, 3.63) is 0 Å². The van der Waals surface area contributed by atoms with Crippen molar-refractivity contribution in [1.82, 2.24) is 0 Å². The van der Waals surface area contributed by atoms with Gasteiger partial charge in [-0.25, -0.2) is 0 Å². The van der Waals surface area contributed by atoms with Crippen molar-refractivity contribution in [2.24, 2.45) is 0 Å². The average Bonchev–Trinajstić information content (AvgIpc) is 2.10. The third-order valence-electron chi connectivity index (χ3n) is 0.744. The molecule has 0 aromatic rings. The van der Waals surface area contributed by atoms with Gasteiger partial charge in [-0.15, -0.1) is 0 Å². The molecule has 0 atom stereocenters. The third kappa shape index (κ3) is 22.5. The van der Waals surface area contributed by atoms with E-state index in [0.717, 1.165) is 0 Å². The molecule has 0 aliphatic carbocycles. The smallest absolute Gasteiger partial charge is 0.00238 e. The molecule has 0 nitrogen and oxygen atoms in total. The first-order valence-electron chi connectivity index (χ1n) is 4.39. The normalized spacial score (nSPS) is 15.0. The number of hydrogen-bond acceptors (Lipinski definition) is 3. The molecule has 1 fully saturated rings. The Kier molecular flexibility index (Phi) is 23.2. The predicted molar refractivity (Wildman–Crippen MR) is 70.1 cm³/mol. The summed E-state index contributed by atoms with van der Waals surface area (Å²) >= 11 is 5.90. The van der Waals surface area contributed by atoms with Crippen molar-refractivity contribution in [3.8, 4) is 0 Å². The highest BCUT2D eigenvalue weighted by Crippen LogP contribution is 2.14. The lowest BCUT2D eigenvalue weighted by Gasteiger charge is -2.05. The standard InChI is InChI=1S/C4H8S2.C3H8.C2H6S/c1-2-6-4-3-5-1;2*1-3-2/h1-4H2;3H2,1-2H3;1-2H3. The maximum atomic E-state index is 2.12. The van der Waals surface area contributed by atoms with E-state index in [1.54, 1.807) is 11.8 Å². The molecular formula is C9H22S3. The number of rotatable bonds is 0. The van der Waals surface area contributed by atoms with Gasteiger partial charge in [0.15, 0.2) is 0 Å². The van der Waals surface area contributed by atoms with Gasteiger partial charge in [0.05, 0.1) is 0 Å². The molecule has 76 valence electrons. The van der Waals surface area contributed by atoms with Crippen LogP contribution in [0.25, 0.3) is 0 Å². The first kappa shape index (κ1) is 15.5. The van der Waals surface area contributed by atoms with Crippen LogP contribution in [-0.4, -0.2) is 35.5 Å². The van der Waals surface area contributed by atoms with Gasteiger partial charge in [0.1, 0.15) is 0 Å². The fourth-order valence-electron chi connectivity index (χ4n) is 0.440. The molecule has 0 radical (unpaired) electrons. The van der Waals surface area contributed by atoms with E-state index in [1.165, 1.54) is 29.4 Å². The monoisotopic (exact) mass is 226 g/mol. The zero-order chi connectivity index (χ0) is 9.66. The molecule has 0 aromatic heterocycles. The highest BCUT2D eigenvalue weighted by Gasteiger charge is 1.95. The quantitative estimate of drug-likeness (QED) is 0.615. The van der Waals surface area contributed by atoms with Gasteiger partial charge in [0.2, 0.25) is 0 Å². The summed E-state index contributed by atoms with van der Waals surface area (Å²) in [5, 5.41) is 0. The summed E-state index contributed by atoms with van der Waals surface area (Å²) in [6.45, 7) is 4.25. The summed E-state index contributed by atoms with van der Waals surface area (Å²) in [5.41, 5.74) is 0. The summed E-state index contributed by atoms with van der Waals surface area (Å²) in [4.78, 5) is 0. The lowest BCUT2D eigenvalue weighted by molar-refractivity contribution is 1.09. The van der Waals surface area contributed by atoms with Crippen LogP contribution in [0.1, 0.15) is 20.3 Å². The minimum Gasteiger partial charge on any atom is -0.169 e.